The second-order valence-electron chi connectivity index (χ2n) is 3.95. The number of amidine groups is 1. The van der Waals surface area contributed by atoms with Gasteiger partial charge in [0.2, 0.25) is 5.91 Å². The number of nitriles is 1. The van der Waals surface area contributed by atoms with Crippen LogP contribution in [0.3, 0.4) is 0 Å². The number of thioether (sulfide) groups is 1. The van der Waals surface area contributed by atoms with Crippen molar-refractivity contribution in [3.8, 4) is 6.19 Å². The molecular formula is C13H16N4OS. The van der Waals surface area contributed by atoms with Gasteiger partial charge in [0.1, 0.15) is 0 Å². The molecule has 1 rings (SSSR count). The van der Waals surface area contributed by atoms with Crippen LogP contribution >= 0.6 is 11.8 Å². The number of carbonyl (C=O) groups is 1. The fraction of sp³-hybridized carbons (Fsp3) is 0.308. The van der Waals surface area contributed by atoms with Gasteiger partial charge >= 0.3 is 0 Å². The topological polar surface area (TPSA) is 68.5 Å². The lowest BCUT2D eigenvalue weighted by atomic mass is 10.1. The van der Waals surface area contributed by atoms with Gasteiger partial charge < -0.3 is 4.90 Å². The molecule has 5 nitrogen and oxygen atoms in total. The SMILES string of the molecule is CSC(=Nc1ccccc1CC(=O)N(C)C)NC#N. The molecule has 0 saturated carbocycles. The smallest absolute Gasteiger partial charge is 0.226 e. The fourth-order valence-electron chi connectivity index (χ4n) is 1.37. The van der Waals surface area contributed by atoms with Crippen molar-refractivity contribution in [2.75, 3.05) is 20.4 Å². The van der Waals surface area contributed by atoms with Crippen molar-refractivity contribution in [2.24, 2.45) is 4.99 Å². The van der Waals surface area contributed by atoms with Crippen molar-refractivity contribution in [2.45, 2.75) is 6.42 Å². The first kappa shape index (κ1) is 15.1. The molecule has 0 saturated heterocycles. The van der Waals surface area contributed by atoms with Crippen LogP contribution in [0.2, 0.25) is 0 Å². The highest BCUT2D eigenvalue weighted by atomic mass is 32.2. The summed E-state index contributed by atoms with van der Waals surface area (Å²) in [6, 6.07) is 7.42. The lowest BCUT2D eigenvalue weighted by molar-refractivity contribution is -0.127. The number of likely N-dealkylation sites (N-methyl/N-ethyl adjacent to an activating group) is 1. The highest BCUT2D eigenvalue weighted by Crippen LogP contribution is 2.21. The molecule has 1 N–H and O–H groups in total. The molecule has 1 aromatic rings. The van der Waals surface area contributed by atoms with Crippen LogP contribution in [0.1, 0.15) is 5.56 Å². The Morgan fingerprint density at radius 1 is 1.47 bits per heavy atom. The second kappa shape index (κ2) is 7.44. The van der Waals surface area contributed by atoms with Crippen LogP contribution in [0.25, 0.3) is 0 Å². The van der Waals surface area contributed by atoms with E-state index in [2.05, 4.69) is 10.3 Å². The van der Waals surface area contributed by atoms with Gasteiger partial charge in [-0.15, -0.1) is 0 Å². The van der Waals surface area contributed by atoms with Gasteiger partial charge in [-0.05, 0) is 17.9 Å². The number of rotatable bonds is 3. The second-order valence-corrected chi connectivity index (χ2v) is 4.75. The van der Waals surface area contributed by atoms with Gasteiger partial charge in [-0.2, -0.15) is 5.26 Å². The maximum atomic E-state index is 11.7. The molecule has 1 aromatic carbocycles. The average Bonchev–Trinajstić information content (AvgIpc) is 2.40. The summed E-state index contributed by atoms with van der Waals surface area (Å²) in [7, 11) is 3.44. The van der Waals surface area contributed by atoms with E-state index in [1.165, 1.54) is 11.8 Å². The molecule has 100 valence electrons. The molecule has 6 heteroatoms. The summed E-state index contributed by atoms with van der Waals surface area (Å²) in [5, 5.41) is 11.6. The zero-order valence-electron chi connectivity index (χ0n) is 11.2. The quantitative estimate of drug-likeness (QED) is 0.395. The highest BCUT2D eigenvalue weighted by molar-refractivity contribution is 8.13. The number of carbonyl (C=O) groups excluding carboxylic acids is 1. The summed E-state index contributed by atoms with van der Waals surface area (Å²) < 4.78 is 0. The Bertz CT molecular complexity index is 520. The number of nitrogens with zero attached hydrogens (tertiary/aromatic N) is 3. The molecule has 0 heterocycles. The number of hydrogen-bond acceptors (Lipinski definition) is 4. The van der Waals surface area contributed by atoms with Crippen molar-refractivity contribution < 1.29 is 4.79 Å². The van der Waals surface area contributed by atoms with Crippen LogP contribution in [0.15, 0.2) is 29.3 Å². The normalized spacial score (nSPS) is 10.7. The predicted octanol–water partition coefficient (Wildman–Crippen LogP) is 1.74. The monoisotopic (exact) mass is 276 g/mol. The molecule has 0 spiro atoms. The third-order valence-electron chi connectivity index (χ3n) is 2.41. The van der Waals surface area contributed by atoms with Gasteiger partial charge in [0.15, 0.2) is 11.4 Å². The van der Waals surface area contributed by atoms with Crippen LogP contribution in [-0.4, -0.2) is 36.3 Å². The third-order valence-corrected chi connectivity index (χ3v) is 2.99. The van der Waals surface area contributed by atoms with Gasteiger partial charge in [0.05, 0.1) is 12.1 Å². The lowest BCUT2D eigenvalue weighted by Crippen LogP contribution is -2.23. The molecular weight excluding hydrogens is 260 g/mol. The highest BCUT2D eigenvalue weighted by Gasteiger charge is 2.09. The van der Waals surface area contributed by atoms with E-state index in [0.717, 1.165) is 5.56 Å². The van der Waals surface area contributed by atoms with Crippen molar-refractivity contribution in [3.63, 3.8) is 0 Å². The van der Waals surface area contributed by atoms with Crippen LogP contribution in [0, 0.1) is 11.5 Å². The molecule has 0 unspecified atom stereocenters. The van der Waals surface area contributed by atoms with E-state index in [9.17, 15) is 4.79 Å². The largest absolute Gasteiger partial charge is 0.349 e. The van der Waals surface area contributed by atoms with Gasteiger partial charge in [-0.25, -0.2) is 4.99 Å². The first-order valence-corrected chi connectivity index (χ1v) is 6.86. The van der Waals surface area contributed by atoms with E-state index in [4.69, 9.17) is 5.26 Å². The lowest BCUT2D eigenvalue weighted by Gasteiger charge is -2.11. The summed E-state index contributed by atoms with van der Waals surface area (Å²) in [5.41, 5.74) is 1.54. The molecule has 1 amide bonds. The fourth-order valence-corrected chi connectivity index (χ4v) is 1.71. The number of nitrogens with one attached hydrogen (secondary N) is 1. The molecule has 0 aromatic heterocycles. The standard InChI is InChI=1S/C13H16N4OS/c1-17(2)12(18)8-10-6-4-5-7-11(10)16-13(19-3)15-9-14/h4-7H,8H2,1-3H3,(H,15,16). The molecule has 0 fully saturated rings. The molecule has 0 aliphatic rings. The number of hydrogen-bond donors (Lipinski definition) is 1. The Morgan fingerprint density at radius 3 is 2.74 bits per heavy atom. The molecule has 19 heavy (non-hydrogen) atoms. The van der Waals surface area contributed by atoms with Crippen LogP contribution in [0.5, 0.6) is 0 Å². The van der Waals surface area contributed by atoms with Crippen LogP contribution in [0.4, 0.5) is 5.69 Å². The van der Waals surface area contributed by atoms with Crippen molar-refractivity contribution in [1.29, 1.82) is 5.26 Å². The summed E-state index contributed by atoms with van der Waals surface area (Å²) in [6.07, 6.45) is 3.96. The average molecular weight is 276 g/mol. The zero-order valence-corrected chi connectivity index (χ0v) is 12.0. The Kier molecular flexibility index (Phi) is 5.90. The first-order valence-electron chi connectivity index (χ1n) is 5.64. The van der Waals surface area contributed by atoms with Gasteiger partial charge in [0.25, 0.3) is 0 Å². The van der Waals surface area contributed by atoms with Gasteiger partial charge in [0, 0.05) is 14.1 Å². The van der Waals surface area contributed by atoms with E-state index >= 15 is 0 Å². The Morgan fingerprint density at radius 2 is 2.16 bits per heavy atom. The molecule has 0 bridgehead atoms. The van der Waals surface area contributed by atoms with E-state index in [-0.39, 0.29) is 5.91 Å². The maximum Gasteiger partial charge on any atom is 0.226 e. The minimum Gasteiger partial charge on any atom is -0.349 e. The van der Waals surface area contributed by atoms with Gasteiger partial charge in [-0.3, -0.25) is 10.1 Å². The Labute approximate surface area is 117 Å². The van der Waals surface area contributed by atoms with E-state index in [1.807, 2.05) is 36.7 Å². The van der Waals surface area contributed by atoms with E-state index < -0.39 is 0 Å². The van der Waals surface area contributed by atoms with Crippen molar-refractivity contribution in [3.05, 3.63) is 29.8 Å². The van der Waals surface area contributed by atoms with E-state index in [0.29, 0.717) is 17.3 Å². The number of benzene rings is 1. The predicted molar refractivity (Wildman–Crippen MR) is 78.2 cm³/mol. The van der Waals surface area contributed by atoms with E-state index in [1.54, 1.807) is 19.0 Å². The maximum absolute atomic E-state index is 11.7. The summed E-state index contributed by atoms with van der Waals surface area (Å²) >= 11 is 1.34. The molecule has 0 aliphatic carbocycles. The van der Waals surface area contributed by atoms with Crippen molar-refractivity contribution >= 4 is 28.5 Å². The number of aliphatic imine (C=N–C) groups is 1. The molecule has 0 aliphatic heterocycles. The molecule has 0 radical (unpaired) electrons. The minimum absolute atomic E-state index is 0.0154. The van der Waals surface area contributed by atoms with Crippen molar-refractivity contribution in [1.82, 2.24) is 10.2 Å². The third kappa shape index (κ3) is 4.64. The van der Waals surface area contributed by atoms with Crippen LogP contribution < -0.4 is 5.32 Å². The Balaban J connectivity index is 3.02. The van der Waals surface area contributed by atoms with Gasteiger partial charge in [-0.1, -0.05) is 30.0 Å². The minimum atomic E-state index is 0.0154. The Hall–Kier alpha value is -2.00. The summed E-state index contributed by atoms with van der Waals surface area (Å²) in [4.78, 5) is 17.6. The summed E-state index contributed by atoms with van der Waals surface area (Å²) in [6.45, 7) is 0. The first-order chi connectivity index (χ1) is 9.08. The zero-order chi connectivity index (χ0) is 14.3. The molecule has 0 atom stereocenters. The number of para-hydroxylation sites is 1. The van der Waals surface area contributed by atoms with Crippen LogP contribution in [-0.2, 0) is 11.2 Å². The number of amides is 1. The summed E-state index contributed by atoms with van der Waals surface area (Å²) in [5.74, 6) is 0.0154.